The standard InChI is InChI=1S/C24H35NO3PSSi/c1-8-12-21(25-30(26,27)22-17-15-20(2)16-18-22)19-28-31(29(6)7,24(3,4)5)23-13-10-9-11-14-23/h8-11,13-18,21,25H,1,6,12,19H2,2-5,7H3/q+1. The van der Waals surface area contributed by atoms with E-state index in [2.05, 4.69) is 57.2 Å². The minimum atomic E-state index is -3.66. The minimum Gasteiger partial charge on any atom is -0.375 e. The van der Waals surface area contributed by atoms with Crippen LogP contribution >= 0.6 is 7.09 Å². The lowest BCUT2D eigenvalue weighted by Crippen LogP contribution is -2.56. The first-order valence-electron chi connectivity index (χ1n) is 10.4. The number of rotatable bonds is 10. The molecule has 2 aromatic rings. The highest BCUT2D eigenvalue weighted by atomic mass is 32.2. The number of sulfonamides is 1. The Kier molecular flexibility index (Phi) is 8.59. The van der Waals surface area contributed by atoms with Gasteiger partial charge in [-0.25, -0.2) is 13.1 Å². The summed E-state index contributed by atoms with van der Waals surface area (Å²) in [6, 6.07) is 16.8. The van der Waals surface area contributed by atoms with E-state index in [0.717, 1.165) is 5.56 Å². The fourth-order valence-corrected chi connectivity index (χ4v) is 15.6. The smallest absolute Gasteiger partial charge is 0.375 e. The molecule has 2 aromatic carbocycles. The summed E-state index contributed by atoms with van der Waals surface area (Å²) in [4.78, 5) is 0.254. The third kappa shape index (κ3) is 6.02. The topological polar surface area (TPSA) is 55.4 Å². The second-order valence-corrected chi connectivity index (χ2v) is 19.9. The van der Waals surface area contributed by atoms with Crippen LogP contribution in [0.25, 0.3) is 0 Å². The van der Waals surface area contributed by atoms with Crippen LogP contribution in [-0.2, 0) is 14.4 Å². The van der Waals surface area contributed by atoms with Crippen molar-refractivity contribution in [2.45, 2.75) is 50.1 Å². The van der Waals surface area contributed by atoms with E-state index in [9.17, 15) is 8.42 Å². The molecule has 1 N–H and O–H groups in total. The highest BCUT2D eigenvalue weighted by Gasteiger charge is 2.60. The zero-order valence-corrected chi connectivity index (χ0v) is 22.0. The van der Waals surface area contributed by atoms with Crippen molar-refractivity contribution in [1.82, 2.24) is 4.72 Å². The van der Waals surface area contributed by atoms with Crippen molar-refractivity contribution < 1.29 is 12.8 Å². The zero-order chi connectivity index (χ0) is 23.3. The molecule has 0 radical (unpaired) electrons. The normalized spacial score (nSPS) is 15.7. The van der Waals surface area contributed by atoms with E-state index in [1.165, 1.54) is 5.19 Å². The van der Waals surface area contributed by atoms with Gasteiger partial charge in [-0.15, -0.1) is 6.58 Å². The number of hydrogen-bond acceptors (Lipinski definition) is 3. The highest BCUT2D eigenvalue weighted by Crippen LogP contribution is 2.49. The van der Waals surface area contributed by atoms with Gasteiger partial charge in [0.1, 0.15) is 0 Å². The summed E-state index contributed by atoms with van der Waals surface area (Å²) in [5.41, 5.74) is 1.01. The third-order valence-electron chi connectivity index (χ3n) is 5.32. The molecule has 2 rings (SSSR count). The van der Waals surface area contributed by atoms with Crippen LogP contribution in [0.1, 0.15) is 32.8 Å². The molecule has 0 fully saturated rings. The molecule has 168 valence electrons. The van der Waals surface area contributed by atoms with Gasteiger partial charge in [-0.3, -0.25) is 0 Å². The van der Waals surface area contributed by atoms with Gasteiger partial charge in [-0.1, -0.05) is 74.9 Å². The van der Waals surface area contributed by atoms with Crippen LogP contribution < -0.4 is 9.91 Å². The van der Waals surface area contributed by atoms with Crippen molar-refractivity contribution in [3.05, 3.63) is 72.8 Å². The first kappa shape index (κ1) is 25.7. The van der Waals surface area contributed by atoms with Gasteiger partial charge in [0.15, 0.2) is 0 Å². The molecular weight excluding hydrogens is 441 g/mol. The summed E-state index contributed by atoms with van der Waals surface area (Å²) in [5.74, 6) is 0. The van der Waals surface area contributed by atoms with Gasteiger partial charge in [0.2, 0.25) is 10.0 Å². The zero-order valence-electron chi connectivity index (χ0n) is 19.3. The predicted molar refractivity (Wildman–Crippen MR) is 138 cm³/mol. The van der Waals surface area contributed by atoms with Crippen LogP contribution in [0.4, 0.5) is 0 Å². The summed E-state index contributed by atoms with van der Waals surface area (Å²) >= 11 is 0. The Morgan fingerprint density at radius 1 is 1.13 bits per heavy atom. The molecule has 3 unspecified atom stereocenters. The summed E-state index contributed by atoms with van der Waals surface area (Å²) < 4.78 is 35.5. The Bertz CT molecular complexity index is 1000. The number of hydrogen-bond donors (Lipinski definition) is 1. The van der Waals surface area contributed by atoms with E-state index in [-0.39, 0.29) is 16.5 Å². The van der Waals surface area contributed by atoms with Gasteiger partial charge in [0.05, 0.1) is 31.6 Å². The van der Waals surface area contributed by atoms with E-state index in [1.807, 2.05) is 25.1 Å². The van der Waals surface area contributed by atoms with Crippen LogP contribution in [0.15, 0.2) is 72.1 Å². The first-order valence-corrected chi connectivity index (χ1v) is 16.6. The van der Waals surface area contributed by atoms with E-state index in [4.69, 9.17) is 4.43 Å². The van der Waals surface area contributed by atoms with Gasteiger partial charge in [-0.05, 0) is 25.5 Å². The average Bonchev–Trinajstić information content (AvgIpc) is 2.68. The van der Waals surface area contributed by atoms with Crippen LogP contribution in [0.5, 0.6) is 0 Å². The van der Waals surface area contributed by atoms with Crippen molar-refractivity contribution in [2.75, 3.05) is 13.3 Å². The summed E-state index contributed by atoms with van der Waals surface area (Å²) in [7, 11) is -6.85. The number of benzene rings is 2. The van der Waals surface area contributed by atoms with Gasteiger partial charge < -0.3 is 4.43 Å². The van der Waals surface area contributed by atoms with Crippen molar-refractivity contribution in [1.29, 1.82) is 0 Å². The van der Waals surface area contributed by atoms with Gasteiger partial charge in [0.25, 0.3) is 0 Å². The highest BCUT2D eigenvalue weighted by molar-refractivity contribution is 7.94. The minimum absolute atomic E-state index is 0.106. The molecule has 3 atom stereocenters. The maximum absolute atomic E-state index is 13.0. The monoisotopic (exact) mass is 476 g/mol. The fraction of sp³-hybridized carbons (Fsp3) is 0.375. The maximum Gasteiger partial charge on any atom is 0.467 e. The molecule has 7 heteroatoms. The fourth-order valence-electron chi connectivity index (χ4n) is 3.88. The molecule has 31 heavy (non-hydrogen) atoms. The number of aryl methyl sites for hydroxylation is 1. The molecule has 0 bridgehead atoms. The van der Waals surface area contributed by atoms with Crippen LogP contribution in [0.2, 0.25) is 5.04 Å². The summed E-state index contributed by atoms with van der Waals surface area (Å²) in [6.07, 6.45) is 6.66. The molecule has 0 aliphatic carbocycles. The molecule has 0 aliphatic rings. The maximum atomic E-state index is 13.0. The molecule has 0 saturated heterocycles. The largest absolute Gasteiger partial charge is 0.467 e. The second kappa shape index (κ2) is 10.4. The van der Waals surface area contributed by atoms with Gasteiger partial charge >= 0.3 is 7.98 Å². The van der Waals surface area contributed by atoms with E-state index in [1.54, 1.807) is 30.3 Å². The summed E-state index contributed by atoms with van der Waals surface area (Å²) in [6.45, 7) is 14.8. The van der Waals surface area contributed by atoms with Crippen molar-refractivity contribution in [2.24, 2.45) is 0 Å². The molecule has 0 spiro atoms. The van der Waals surface area contributed by atoms with E-state index in [0.29, 0.717) is 6.42 Å². The number of nitrogens with one attached hydrogen (secondary N) is 1. The average molecular weight is 477 g/mol. The van der Waals surface area contributed by atoms with Crippen LogP contribution in [-0.4, -0.2) is 42.0 Å². The Hall–Kier alpha value is -1.56. The SMILES string of the molecule is C=CCC(CO[Si](c1ccccc1)([P+](=C)C)C(C)(C)C)NS(=O)(=O)c1ccc(C)cc1. The van der Waals surface area contributed by atoms with Crippen molar-refractivity contribution in [3.63, 3.8) is 0 Å². The molecule has 0 saturated carbocycles. The summed E-state index contributed by atoms with van der Waals surface area (Å²) in [5, 5.41) is 1.09. The lowest BCUT2D eigenvalue weighted by Gasteiger charge is -2.35. The van der Waals surface area contributed by atoms with Crippen LogP contribution in [0.3, 0.4) is 0 Å². The molecule has 0 heterocycles. The van der Waals surface area contributed by atoms with Gasteiger partial charge in [0, 0.05) is 16.3 Å². The molecule has 0 aliphatic heterocycles. The molecule has 4 nitrogen and oxygen atoms in total. The Balaban J connectivity index is 2.35. The molecule has 0 amide bonds. The Morgan fingerprint density at radius 2 is 1.71 bits per heavy atom. The Morgan fingerprint density at radius 3 is 2.19 bits per heavy atom. The second-order valence-electron chi connectivity index (χ2n) is 8.92. The van der Waals surface area contributed by atoms with E-state index >= 15 is 0 Å². The quantitative estimate of drug-likeness (QED) is 0.301. The predicted octanol–water partition coefficient (Wildman–Crippen LogP) is 4.93. The lowest BCUT2D eigenvalue weighted by molar-refractivity contribution is 0.268. The van der Waals surface area contributed by atoms with Gasteiger partial charge in [-0.2, -0.15) is 0 Å². The molecular formula is C24H35NO3PSSi+. The van der Waals surface area contributed by atoms with Crippen LogP contribution in [0, 0.1) is 6.92 Å². The third-order valence-corrected chi connectivity index (χ3v) is 18.1. The van der Waals surface area contributed by atoms with Crippen molar-refractivity contribution >= 4 is 36.6 Å². The van der Waals surface area contributed by atoms with E-state index < -0.39 is 31.1 Å². The Labute approximate surface area is 190 Å². The molecule has 0 aromatic heterocycles. The lowest BCUT2D eigenvalue weighted by atomic mass is 10.2. The first-order chi connectivity index (χ1) is 14.4. The van der Waals surface area contributed by atoms with Crippen molar-refractivity contribution in [3.8, 4) is 0 Å².